The van der Waals surface area contributed by atoms with Gasteiger partial charge in [-0.25, -0.2) is 9.97 Å². The molecule has 4 rings (SSSR count). The van der Waals surface area contributed by atoms with Crippen LogP contribution in [0.5, 0.6) is 5.75 Å². The number of ether oxygens (including phenoxy) is 1. The van der Waals surface area contributed by atoms with E-state index in [4.69, 9.17) is 4.74 Å². The molecule has 3 aromatic heterocycles. The molecule has 0 saturated carbocycles. The van der Waals surface area contributed by atoms with Crippen LogP contribution in [0.4, 0.5) is 0 Å². The van der Waals surface area contributed by atoms with E-state index < -0.39 is 6.04 Å². The van der Waals surface area contributed by atoms with Gasteiger partial charge in [-0.2, -0.15) is 5.10 Å². The highest BCUT2D eigenvalue weighted by molar-refractivity contribution is 5.78. The lowest BCUT2D eigenvalue weighted by atomic mass is 10.1. The molecule has 0 spiro atoms. The highest BCUT2D eigenvalue weighted by Gasteiger charge is 2.21. The molecule has 1 N–H and O–H groups in total. The molecule has 1 atom stereocenters. The van der Waals surface area contributed by atoms with Gasteiger partial charge in [0.2, 0.25) is 5.91 Å². The summed E-state index contributed by atoms with van der Waals surface area (Å²) in [6.07, 6.45) is 6.29. The van der Waals surface area contributed by atoms with Gasteiger partial charge in [0.25, 0.3) is 5.56 Å². The average Bonchev–Trinajstić information content (AvgIpc) is 3.34. The highest BCUT2D eigenvalue weighted by atomic mass is 16.5. The van der Waals surface area contributed by atoms with Crippen molar-refractivity contribution < 1.29 is 9.53 Å². The highest BCUT2D eigenvalue weighted by Crippen LogP contribution is 2.23. The third-order valence-electron chi connectivity index (χ3n) is 4.90. The fourth-order valence-electron chi connectivity index (χ4n) is 3.29. The Bertz CT molecular complexity index is 1250. The minimum atomic E-state index is -0.491. The fraction of sp³-hybridized carbons (Fsp3) is 0.250. The Labute approximate surface area is 171 Å². The molecule has 1 amide bonds. The van der Waals surface area contributed by atoms with E-state index in [0.29, 0.717) is 22.6 Å². The van der Waals surface area contributed by atoms with E-state index in [2.05, 4.69) is 20.4 Å². The largest absolute Gasteiger partial charge is 0.497 e. The molecule has 0 radical (unpaired) electrons. The number of nitrogens with zero attached hydrogens (tertiary/aromatic N) is 6. The first-order chi connectivity index (χ1) is 14.5. The molecule has 0 bridgehead atoms. The van der Waals surface area contributed by atoms with Gasteiger partial charge in [0, 0.05) is 26.5 Å². The van der Waals surface area contributed by atoms with Crippen molar-refractivity contribution in [3.63, 3.8) is 0 Å². The third-order valence-corrected chi connectivity index (χ3v) is 4.90. The number of hydrogen-bond donors (Lipinski definition) is 1. The lowest BCUT2D eigenvalue weighted by molar-refractivity contribution is -0.122. The summed E-state index contributed by atoms with van der Waals surface area (Å²) in [5.41, 5.74) is 0.994. The summed E-state index contributed by atoms with van der Waals surface area (Å²) in [4.78, 5) is 34.1. The normalized spacial score (nSPS) is 12.1. The van der Waals surface area contributed by atoms with E-state index in [1.807, 2.05) is 42.1 Å². The van der Waals surface area contributed by atoms with Crippen molar-refractivity contribution in [3.8, 4) is 5.75 Å². The first-order valence-electron chi connectivity index (χ1n) is 9.25. The summed E-state index contributed by atoms with van der Waals surface area (Å²) in [5, 5.41) is 7.38. The number of carbonyl (C=O) groups excluding carboxylic acids is 1. The standard InChI is InChI=1S/C20H21N7O3/c1-25-9-8-21-19(25)17(13-4-6-14(30-3)7-5-13)24-16(28)11-27-12-22-18-15(20(27)29)10-23-26(18)2/h4-10,12,17H,11H2,1-3H3,(H,24,28). The number of imidazole rings is 1. The second kappa shape index (κ2) is 7.82. The Morgan fingerprint density at radius 2 is 1.97 bits per heavy atom. The number of aromatic nitrogens is 6. The van der Waals surface area contributed by atoms with Crippen molar-refractivity contribution >= 4 is 16.9 Å². The number of methoxy groups -OCH3 is 1. The number of nitrogens with one attached hydrogen (secondary N) is 1. The summed E-state index contributed by atoms with van der Waals surface area (Å²) in [5.74, 6) is 1.04. The Morgan fingerprint density at radius 3 is 2.63 bits per heavy atom. The van der Waals surface area contributed by atoms with Gasteiger partial charge in [0.05, 0.1) is 13.3 Å². The Hall–Kier alpha value is -3.95. The van der Waals surface area contributed by atoms with E-state index in [0.717, 1.165) is 5.56 Å². The SMILES string of the molecule is COc1ccc(C(NC(=O)Cn2cnc3c(cnn3C)c2=O)c2nccn2C)cc1. The van der Waals surface area contributed by atoms with Crippen molar-refractivity contribution in [3.05, 3.63) is 70.9 Å². The van der Waals surface area contributed by atoms with Crippen LogP contribution < -0.4 is 15.6 Å². The molecule has 0 fully saturated rings. The van der Waals surface area contributed by atoms with Gasteiger partial charge in [-0.3, -0.25) is 18.8 Å². The molecular formula is C20H21N7O3. The minimum Gasteiger partial charge on any atom is -0.497 e. The van der Waals surface area contributed by atoms with E-state index >= 15 is 0 Å². The van der Waals surface area contributed by atoms with Gasteiger partial charge in [-0.05, 0) is 17.7 Å². The molecule has 154 valence electrons. The number of benzene rings is 1. The molecule has 1 unspecified atom stereocenters. The Morgan fingerprint density at radius 1 is 1.20 bits per heavy atom. The van der Waals surface area contributed by atoms with E-state index in [1.54, 1.807) is 20.4 Å². The van der Waals surface area contributed by atoms with Crippen LogP contribution in [0.2, 0.25) is 0 Å². The number of rotatable bonds is 6. The van der Waals surface area contributed by atoms with Crippen LogP contribution in [0.3, 0.4) is 0 Å². The van der Waals surface area contributed by atoms with Gasteiger partial charge in [0.1, 0.15) is 35.9 Å². The summed E-state index contributed by atoms with van der Waals surface area (Å²) in [7, 11) is 5.16. The molecule has 3 heterocycles. The zero-order chi connectivity index (χ0) is 21.3. The van der Waals surface area contributed by atoms with Crippen LogP contribution in [0, 0.1) is 0 Å². The number of aryl methyl sites for hydroxylation is 2. The van der Waals surface area contributed by atoms with Crippen molar-refractivity contribution in [1.29, 1.82) is 0 Å². The van der Waals surface area contributed by atoms with Crippen molar-refractivity contribution in [2.75, 3.05) is 7.11 Å². The fourth-order valence-corrected chi connectivity index (χ4v) is 3.29. The molecule has 30 heavy (non-hydrogen) atoms. The molecule has 1 aromatic carbocycles. The first kappa shape index (κ1) is 19.4. The first-order valence-corrected chi connectivity index (χ1v) is 9.25. The van der Waals surface area contributed by atoms with E-state index in [-0.39, 0.29) is 18.0 Å². The molecule has 0 aliphatic heterocycles. The van der Waals surface area contributed by atoms with E-state index in [9.17, 15) is 9.59 Å². The molecule has 10 nitrogen and oxygen atoms in total. The lowest BCUT2D eigenvalue weighted by Crippen LogP contribution is -2.36. The maximum Gasteiger partial charge on any atom is 0.264 e. The van der Waals surface area contributed by atoms with E-state index in [1.165, 1.54) is 21.8 Å². The number of amides is 1. The smallest absolute Gasteiger partial charge is 0.264 e. The topological polar surface area (TPSA) is 109 Å². The Balaban J connectivity index is 1.61. The minimum absolute atomic E-state index is 0.173. The third kappa shape index (κ3) is 3.54. The van der Waals surface area contributed by atoms with Crippen LogP contribution in [-0.2, 0) is 25.4 Å². The summed E-state index contributed by atoms with van der Waals surface area (Å²) < 4.78 is 9.83. The molecule has 4 aromatic rings. The van der Waals surface area contributed by atoms with Crippen LogP contribution in [0.25, 0.3) is 11.0 Å². The van der Waals surface area contributed by atoms with Crippen LogP contribution in [-0.4, -0.2) is 41.9 Å². The summed E-state index contributed by atoms with van der Waals surface area (Å²) in [6.45, 7) is -0.173. The maximum atomic E-state index is 12.8. The predicted molar refractivity (Wildman–Crippen MR) is 109 cm³/mol. The van der Waals surface area contributed by atoms with Crippen LogP contribution in [0.15, 0.2) is 54.0 Å². The van der Waals surface area contributed by atoms with Crippen LogP contribution >= 0.6 is 0 Å². The quantitative estimate of drug-likeness (QED) is 0.506. The molecule has 0 aliphatic carbocycles. The van der Waals surface area contributed by atoms with Crippen molar-refractivity contribution in [2.24, 2.45) is 14.1 Å². The number of carbonyl (C=O) groups is 1. The van der Waals surface area contributed by atoms with Crippen molar-refractivity contribution in [2.45, 2.75) is 12.6 Å². The number of fused-ring (bicyclic) bond motifs is 1. The summed E-state index contributed by atoms with van der Waals surface area (Å²) >= 11 is 0. The van der Waals surface area contributed by atoms with Gasteiger partial charge in [-0.1, -0.05) is 12.1 Å². The molecular weight excluding hydrogens is 386 g/mol. The number of hydrogen-bond acceptors (Lipinski definition) is 6. The lowest BCUT2D eigenvalue weighted by Gasteiger charge is -2.20. The second-order valence-corrected chi connectivity index (χ2v) is 6.85. The average molecular weight is 407 g/mol. The Kier molecular flexibility index (Phi) is 5.05. The van der Waals surface area contributed by atoms with Gasteiger partial charge in [0.15, 0.2) is 5.65 Å². The van der Waals surface area contributed by atoms with Gasteiger partial charge >= 0.3 is 0 Å². The van der Waals surface area contributed by atoms with Crippen LogP contribution in [0.1, 0.15) is 17.4 Å². The van der Waals surface area contributed by atoms with Crippen molar-refractivity contribution in [1.82, 2.24) is 34.2 Å². The predicted octanol–water partition coefficient (Wildman–Crippen LogP) is 0.778. The molecule has 0 saturated heterocycles. The molecule has 10 heteroatoms. The zero-order valence-corrected chi connectivity index (χ0v) is 16.8. The summed E-state index contributed by atoms with van der Waals surface area (Å²) in [6, 6.07) is 6.89. The second-order valence-electron chi connectivity index (χ2n) is 6.85. The van der Waals surface area contributed by atoms with Gasteiger partial charge < -0.3 is 14.6 Å². The van der Waals surface area contributed by atoms with Gasteiger partial charge in [-0.15, -0.1) is 0 Å². The maximum absolute atomic E-state index is 12.8. The molecule has 0 aliphatic rings. The monoisotopic (exact) mass is 407 g/mol. The zero-order valence-electron chi connectivity index (χ0n) is 16.8.